The van der Waals surface area contributed by atoms with Gasteiger partial charge in [-0.2, -0.15) is 0 Å². The van der Waals surface area contributed by atoms with E-state index >= 15 is 0 Å². The van der Waals surface area contributed by atoms with Crippen molar-refractivity contribution in [3.8, 4) is 0 Å². The maximum Gasteiger partial charge on any atom is 0.312 e. The van der Waals surface area contributed by atoms with Gasteiger partial charge in [-0.05, 0) is 12.0 Å². The lowest BCUT2D eigenvalue weighted by Gasteiger charge is -2.06. The molecular weight excluding hydrogens is 242 g/mol. The zero-order valence-corrected chi connectivity index (χ0v) is 10.9. The molecule has 0 saturated carbocycles. The summed E-state index contributed by atoms with van der Waals surface area (Å²) in [5.41, 5.74) is 1.64. The minimum absolute atomic E-state index is 0.533. The van der Waals surface area contributed by atoms with E-state index in [1.165, 1.54) is 0 Å². The fraction of sp³-hybridized carbons (Fsp3) is 0.357. The fourth-order valence-corrected chi connectivity index (χ4v) is 2.01. The smallest absolute Gasteiger partial charge is 0.312 e. The van der Waals surface area contributed by atoms with Gasteiger partial charge in [-0.3, -0.25) is 4.79 Å². The molecule has 1 atom stereocenters. The number of nitrogens with zero attached hydrogens (tertiary/aromatic N) is 3. The third-order valence-electron chi connectivity index (χ3n) is 2.98. The van der Waals surface area contributed by atoms with Gasteiger partial charge in [0.05, 0.1) is 12.2 Å². The van der Waals surface area contributed by atoms with E-state index in [9.17, 15) is 9.90 Å². The molecule has 1 aromatic carbocycles. The van der Waals surface area contributed by atoms with Crippen molar-refractivity contribution >= 4 is 5.97 Å². The molecule has 0 fully saturated rings. The second-order valence-corrected chi connectivity index (χ2v) is 4.51. The summed E-state index contributed by atoms with van der Waals surface area (Å²) in [5, 5.41) is 17.2. The second kappa shape index (κ2) is 6.13. The van der Waals surface area contributed by atoms with Crippen molar-refractivity contribution in [2.45, 2.75) is 32.2 Å². The summed E-state index contributed by atoms with van der Waals surface area (Å²) in [7, 11) is 0. The first-order valence-corrected chi connectivity index (χ1v) is 6.37. The van der Waals surface area contributed by atoms with Crippen LogP contribution >= 0.6 is 0 Å². The molecule has 1 heterocycles. The number of hydrogen-bond acceptors (Lipinski definition) is 3. The van der Waals surface area contributed by atoms with Gasteiger partial charge in [0.25, 0.3) is 0 Å². The Hall–Kier alpha value is -2.17. The highest BCUT2D eigenvalue weighted by Crippen LogP contribution is 2.19. The molecule has 2 aromatic rings. The summed E-state index contributed by atoms with van der Waals surface area (Å²) in [4.78, 5) is 11.2. The zero-order valence-electron chi connectivity index (χ0n) is 10.9. The van der Waals surface area contributed by atoms with Crippen LogP contribution in [0, 0.1) is 0 Å². The number of hydrogen-bond donors (Lipinski definition) is 1. The summed E-state index contributed by atoms with van der Waals surface area (Å²) in [6, 6.07) is 9.89. The first kappa shape index (κ1) is 13.3. The van der Waals surface area contributed by atoms with E-state index in [1.807, 2.05) is 37.3 Å². The largest absolute Gasteiger partial charge is 0.481 e. The molecular formula is C14H17N3O2. The molecule has 5 heteroatoms. The van der Waals surface area contributed by atoms with Crippen molar-refractivity contribution in [2.75, 3.05) is 0 Å². The standard InChI is InChI=1S/C14H17N3O2/c1-2-6-12(14(18)19)13-10-17(16-15-13)9-11-7-4-3-5-8-11/h3-5,7-8,10,12H,2,6,9H2,1H3,(H,18,19). The average Bonchev–Trinajstić information content (AvgIpc) is 2.85. The van der Waals surface area contributed by atoms with Gasteiger partial charge in [0.15, 0.2) is 0 Å². The van der Waals surface area contributed by atoms with Crippen LogP contribution in [0.15, 0.2) is 36.5 Å². The fourth-order valence-electron chi connectivity index (χ4n) is 2.01. The van der Waals surface area contributed by atoms with Gasteiger partial charge in [0, 0.05) is 6.20 Å². The molecule has 0 aliphatic carbocycles. The van der Waals surface area contributed by atoms with Crippen molar-refractivity contribution in [2.24, 2.45) is 0 Å². The molecule has 2 rings (SSSR count). The van der Waals surface area contributed by atoms with E-state index in [4.69, 9.17) is 0 Å². The minimum Gasteiger partial charge on any atom is -0.481 e. The average molecular weight is 259 g/mol. The van der Waals surface area contributed by atoms with E-state index in [-0.39, 0.29) is 0 Å². The maximum absolute atomic E-state index is 11.2. The van der Waals surface area contributed by atoms with Crippen LogP contribution in [-0.2, 0) is 11.3 Å². The predicted molar refractivity (Wildman–Crippen MR) is 70.9 cm³/mol. The Balaban J connectivity index is 2.12. The van der Waals surface area contributed by atoms with Crippen molar-refractivity contribution in [1.82, 2.24) is 15.0 Å². The first-order valence-electron chi connectivity index (χ1n) is 6.37. The topological polar surface area (TPSA) is 68.0 Å². The summed E-state index contributed by atoms with van der Waals surface area (Å²) in [6.07, 6.45) is 3.11. The van der Waals surface area contributed by atoms with Crippen LogP contribution in [0.3, 0.4) is 0 Å². The van der Waals surface area contributed by atoms with Crippen LogP contribution in [0.2, 0.25) is 0 Å². The van der Waals surface area contributed by atoms with Crippen molar-refractivity contribution in [3.05, 3.63) is 47.8 Å². The lowest BCUT2D eigenvalue weighted by Crippen LogP contribution is -2.11. The number of aromatic nitrogens is 3. The van der Waals surface area contributed by atoms with E-state index in [1.54, 1.807) is 10.9 Å². The van der Waals surface area contributed by atoms with Gasteiger partial charge in [-0.1, -0.05) is 48.9 Å². The molecule has 0 radical (unpaired) electrons. The number of carbonyl (C=O) groups is 1. The van der Waals surface area contributed by atoms with Crippen LogP contribution in [0.5, 0.6) is 0 Å². The molecule has 19 heavy (non-hydrogen) atoms. The molecule has 5 nitrogen and oxygen atoms in total. The van der Waals surface area contributed by atoms with Crippen molar-refractivity contribution < 1.29 is 9.90 Å². The normalized spacial score (nSPS) is 12.3. The minimum atomic E-state index is -0.839. The number of carboxylic acids is 1. The summed E-state index contributed by atoms with van der Waals surface area (Å²) in [5.74, 6) is -1.40. The maximum atomic E-state index is 11.2. The Morgan fingerprint density at radius 2 is 2.11 bits per heavy atom. The third-order valence-corrected chi connectivity index (χ3v) is 2.98. The molecule has 1 aromatic heterocycles. The number of aliphatic carboxylic acids is 1. The van der Waals surface area contributed by atoms with Crippen molar-refractivity contribution in [1.29, 1.82) is 0 Å². The van der Waals surface area contributed by atoms with Gasteiger partial charge in [0.2, 0.25) is 0 Å². The van der Waals surface area contributed by atoms with Crippen LogP contribution in [-0.4, -0.2) is 26.1 Å². The zero-order chi connectivity index (χ0) is 13.7. The number of benzene rings is 1. The molecule has 0 saturated heterocycles. The second-order valence-electron chi connectivity index (χ2n) is 4.51. The summed E-state index contributed by atoms with van der Waals surface area (Å²) >= 11 is 0. The number of rotatable bonds is 6. The van der Waals surface area contributed by atoms with E-state index < -0.39 is 11.9 Å². The molecule has 0 aliphatic rings. The lowest BCUT2D eigenvalue weighted by molar-refractivity contribution is -0.139. The molecule has 1 N–H and O–H groups in total. The molecule has 0 amide bonds. The Morgan fingerprint density at radius 3 is 2.74 bits per heavy atom. The lowest BCUT2D eigenvalue weighted by atomic mass is 10.0. The third kappa shape index (κ3) is 3.40. The van der Waals surface area contributed by atoms with E-state index in [0.717, 1.165) is 12.0 Å². The quantitative estimate of drug-likeness (QED) is 0.864. The van der Waals surface area contributed by atoms with Gasteiger partial charge >= 0.3 is 5.97 Å². The molecule has 100 valence electrons. The highest BCUT2D eigenvalue weighted by Gasteiger charge is 2.22. The first-order chi connectivity index (χ1) is 9.20. The molecule has 0 bridgehead atoms. The molecule has 0 spiro atoms. The Kier molecular flexibility index (Phi) is 4.28. The van der Waals surface area contributed by atoms with Crippen LogP contribution < -0.4 is 0 Å². The van der Waals surface area contributed by atoms with Gasteiger partial charge in [-0.15, -0.1) is 5.10 Å². The SMILES string of the molecule is CCCC(C(=O)O)c1cn(Cc2ccccc2)nn1. The van der Waals surface area contributed by atoms with Crippen LogP contribution in [0.25, 0.3) is 0 Å². The van der Waals surface area contributed by atoms with Gasteiger partial charge < -0.3 is 5.11 Å². The summed E-state index contributed by atoms with van der Waals surface area (Å²) in [6.45, 7) is 2.57. The Bertz CT molecular complexity index is 537. The van der Waals surface area contributed by atoms with E-state index in [0.29, 0.717) is 18.7 Å². The van der Waals surface area contributed by atoms with Crippen molar-refractivity contribution in [3.63, 3.8) is 0 Å². The monoisotopic (exact) mass is 259 g/mol. The van der Waals surface area contributed by atoms with Crippen LogP contribution in [0.1, 0.15) is 36.9 Å². The molecule has 0 aliphatic heterocycles. The molecule has 1 unspecified atom stereocenters. The predicted octanol–water partition coefficient (Wildman–Crippen LogP) is 2.29. The van der Waals surface area contributed by atoms with Crippen LogP contribution in [0.4, 0.5) is 0 Å². The summed E-state index contributed by atoms with van der Waals surface area (Å²) < 4.78 is 1.68. The highest BCUT2D eigenvalue weighted by atomic mass is 16.4. The Labute approximate surface area is 111 Å². The van der Waals surface area contributed by atoms with E-state index in [2.05, 4.69) is 10.3 Å². The Morgan fingerprint density at radius 1 is 1.37 bits per heavy atom. The van der Waals surface area contributed by atoms with Gasteiger partial charge in [0.1, 0.15) is 5.92 Å². The highest BCUT2D eigenvalue weighted by molar-refractivity contribution is 5.75. The van der Waals surface area contributed by atoms with Gasteiger partial charge in [-0.25, -0.2) is 4.68 Å². The number of carboxylic acid groups (broad SMARTS) is 1.